The molecule has 10 heteroatoms. The molecular weight excluding hydrogens is 400 g/mol. The van der Waals surface area contributed by atoms with E-state index in [2.05, 4.69) is 10.4 Å². The molecule has 0 saturated carbocycles. The molecule has 0 unspecified atom stereocenters. The molecule has 0 atom stereocenters. The van der Waals surface area contributed by atoms with Gasteiger partial charge in [0.15, 0.2) is 5.69 Å². The molecule has 1 amide bonds. The minimum Gasteiger partial charge on any atom is -0.457 e. The number of nitro benzene ring substituents is 1. The molecule has 3 aromatic rings. The minimum absolute atomic E-state index is 0.143. The average molecular weight is 417 g/mol. The van der Waals surface area contributed by atoms with Gasteiger partial charge >= 0.3 is 0 Å². The molecule has 150 valence electrons. The first kappa shape index (κ1) is 20.3. The van der Waals surface area contributed by atoms with E-state index in [0.29, 0.717) is 10.8 Å². The van der Waals surface area contributed by atoms with Gasteiger partial charge in [-0.3, -0.25) is 14.9 Å². The normalized spacial score (nSPS) is 10.6. The highest BCUT2D eigenvalue weighted by atomic mass is 35.5. The summed E-state index contributed by atoms with van der Waals surface area (Å²) in [5, 5.41) is 18.5. The number of ether oxygens (including phenoxy) is 2. The van der Waals surface area contributed by atoms with Crippen LogP contribution in [-0.4, -0.2) is 27.7 Å². The van der Waals surface area contributed by atoms with Crippen LogP contribution in [0.25, 0.3) is 0 Å². The van der Waals surface area contributed by atoms with Crippen molar-refractivity contribution >= 4 is 28.9 Å². The zero-order chi connectivity index (χ0) is 21.0. The maximum atomic E-state index is 12.4. The molecule has 2 aromatic carbocycles. The van der Waals surface area contributed by atoms with Crippen LogP contribution in [0.1, 0.15) is 16.1 Å². The third kappa shape index (κ3) is 5.09. The molecule has 0 aliphatic rings. The molecule has 0 bridgehead atoms. The van der Waals surface area contributed by atoms with E-state index in [1.165, 1.54) is 36.1 Å². The molecule has 0 aliphatic carbocycles. The van der Waals surface area contributed by atoms with Crippen molar-refractivity contribution in [3.05, 3.63) is 75.1 Å². The zero-order valence-electron chi connectivity index (χ0n) is 15.6. The number of aryl methyl sites for hydroxylation is 1. The van der Waals surface area contributed by atoms with E-state index in [0.717, 1.165) is 5.56 Å². The quantitative estimate of drug-likeness (QED) is 0.451. The van der Waals surface area contributed by atoms with Crippen LogP contribution in [0.3, 0.4) is 0 Å². The molecular formula is C19H17ClN4O5. The van der Waals surface area contributed by atoms with E-state index >= 15 is 0 Å². The number of carbonyl (C=O) groups excluding carboxylic acids is 1. The number of halogens is 1. The van der Waals surface area contributed by atoms with Gasteiger partial charge in [-0.25, -0.2) is 4.68 Å². The first-order chi connectivity index (χ1) is 13.9. The predicted molar refractivity (Wildman–Crippen MR) is 107 cm³/mol. The number of non-ortho nitro benzene ring substituents is 1. The number of nitro groups is 1. The topological polar surface area (TPSA) is 109 Å². The number of hydrogen-bond donors (Lipinski definition) is 1. The van der Waals surface area contributed by atoms with E-state index in [-0.39, 0.29) is 29.5 Å². The lowest BCUT2D eigenvalue weighted by molar-refractivity contribution is -0.384. The molecule has 0 radical (unpaired) electrons. The Hall–Kier alpha value is -3.43. The Balaban J connectivity index is 1.86. The monoisotopic (exact) mass is 416 g/mol. The third-order valence-electron chi connectivity index (χ3n) is 3.86. The van der Waals surface area contributed by atoms with Gasteiger partial charge in [0, 0.05) is 30.5 Å². The van der Waals surface area contributed by atoms with Gasteiger partial charge in [-0.2, -0.15) is 5.10 Å². The summed E-state index contributed by atoms with van der Waals surface area (Å²) in [6, 6.07) is 10.6. The number of anilines is 1. The van der Waals surface area contributed by atoms with Gasteiger partial charge < -0.3 is 14.8 Å². The minimum atomic E-state index is -0.565. The van der Waals surface area contributed by atoms with Gasteiger partial charge in [0.2, 0.25) is 0 Å². The van der Waals surface area contributed by atoms with Gasteiger partial charge in [-0.05, 0) is 36.8 Å². The van der Waals surface area contributed by atoms with Crippen molar-refractivity contribution in [2.45, 2.75) is 13.7 Å². The van der Waals surface area contributed by atoms with Crippen molar-refractivity contribution in [3.63, 3.8) is 0 Å². The van der Waals surface area contributed by atoms with Crippen LogP contribution >= 0.6 is 11.6 Å². The summed E-state index contributed by atoms with van der Waals surface area (Å²) in [6.45, 7) is 2.00. The second-order valence-electron chi connectivity index (χ2n) is 6.10. The lowest BCUT2D eigenvalue weighted by atomic mass is 10.2. The summed E-state index contributed by atoms with van der Waals surface area (Å²) < 4.78 is 12.2. The number of rotatable bonds is 7. The summed E-state index contributed by atoms with van der Waals surface area (Å²) >= 11 is 5.94. The second-order valence-corrected chi connectivity index (χ2v) is 6.53. The highest BCUT2D eigenvalue weighted by Gasteiger charge is 2.16. The largest absolute Gasteiger partial charge is 0.457 e. The fourth-order valence-corrected chi connectivity index (χ4v) is 2.78. The van der Waals surface area contributed by atoms with E-state index in [4.69, 9.17) is 21.1 Å². The maximum Gasteiger partial charge on any atom is 0.276 e. The highest BCUT2D eigenvalue weighted by Crippen LogP contribution is 2.32. The molecule has 3 rings (SSSR count). The molecule has 0 spiro atoms. The summed E-state index contributed by atoms with van der Waals surface area (Å²) in [4.78, 5) is 23.1. The Morgan fingerprint density at radius 3 is 2.76 bits per heavy atom. The van der Waals surface area contributed by atoms with Gasteiger partial charge in [0.25, 0.3) is 11.6 Å². The maximum absolute atomic E-state index is 12.4. The molecule has 1 aromatic heterocycles. The number of hydrogen-bond acceptors (Lipinski definition) is 6. The van der Waals surface area contributed by atoms with Crippen molar-refractivity contribution < 1.29 is 19.2 Å². The predicted octanol–water partition coefficient (Wildman–Crippen LogP) is 4.40. The molecule has 0 aliphatic heterocycles. The summed E-state index contributed by atoms with van der Waals surface area (Å²) in [7, 11) is 1.51. The Morgan fingerprint density at radius 2 is 2.07 bits per heavy atom. The average Bonchev–Trinajstić information content (AvgIpc) is 3.13. The van der Waals surface area contributed by atoms with Crippen LogP contribution in [0, 0.1) is 17.0 Å². The number of amides is 1. The first-order valence-corrected chi connectivity index (χ1v) is 8.81. The van der Waals surface area contributed by atoms with Crippen LogP contribution in [0.4, 0.5) is 11.4 Å². The molecule has 0 fully saturated rings. The molecule has 1 heterocycles. The Morgan fingerprint density at radius 1 is 1.28 bits per heavy atom. The van der Waals surface area contributed by atoms with Crippen molar-refractivity contribution in [2.24, 2.45) is 0 Å². The molecule has 9 nitrogen and oxygen atoms in total. The summed E-state index contributed by atoms with van der Waals surface area (Å²) in [5.74, 6) is 0.171. The van der Waals surface area contributed by atoms with E-state index in [1.807, 2.05) is 0 Å². The van der Waals surface area contributed by atoms with Crippen LogP contribution in [0.15, 0.2) is 48.7 Å². The lowest BCUT2D eigenvalue weighted by Gasteiger charge is -2.11. The number of nitrogens with one attached hydrogen (secondary N) is 1. The zero-order valence-corrected chi connectivity index (χ0v) is 16.3. The van der Waals surface area contributed by atoms with Crippen LogP contribution in [-0.2, 0) is 11.5 Å². The molecule has 1 N–H and O–H groups in total. The fourth-order valence-electron chi connectivity index (χ4n) is 2.56. The van der Waals surface area contributed by atoms with Gasteiger partial charge in [0.05, 0.1) is 16.7 Å². The number of aromatic nitrogens is 2. The van der Waals surface area contributed by atoms with Crippen molar-refractivity contribution in [3.8, 4) is 11.5 Å². The Kier molecular flexibility index (Phi) is 6.10. The van der Waals surface area contributed by atoms with Crippen LogP contribution in [0.5, 0.6) is 11.5 Å². The number of nitrogens with zero attached hydrogens (tertiary/aromatic N) is 3. The Bertz CT molecular complexity index is 1070. The van der Waals surface area contributed by atoms with Crippen molar-refractivity contribution in [2.75, 3.05) is 12.4 Å². The first-order valence-electron chi connectivity index (χ1n) is 8.43. The summed E-state index contributed by atoms with van der Waals surface area (Å²) in [6.07, 6.45) is 1.59. The summed E-state index contributed by atoms with van der Waals surface area (Å²) in [5.41, 5.74) is 0.879. The lowest BCUT2D eigenvalue weighted by Crippen LogP contribution is -2.14. The number of benzene rings is 2. The van der Waals surface area contributed by atoms with Crippen LogP contribution in [0.2, 0.25) is 5.02 Å². The standard InChI is InChI=1S/C19H17ClN4O5/c1-12-7-13(20)3-4-18(12)29-16-9-14(8-15(10-16)24(26)27)21-19(25)17-5-6-23(22-17)11-28-2/h3-10H,11H2,1-2H3,(H,21,25). The number of carbonyl (C=O) groups is 1. The smallest absolute Gasteiger partial charge is 0.276 e. The highest BCUT2D eigenvalue weighted by molar-refractivity contribution is 6.30. The van der Waals surface area contributed by atoms with E-state index < -0.39 is 10.8 Å². The van der Waals surface area contributed by atoms with Gasteiger partial charge in [-0.1, -0.05) is 11.6 Å². The van der Waals surface area contributed by atoms with Crippen molar-refractivity contribution in [1.29, 1.82) is 0 Å². The van der Waals surface area contributed by atoms with E-state index in [9.17, 15) is 14.9 Å². The molecule has 29 heavy (non-hydrogen) atoms. The van der Waals surface area contributed by atoms with Crippen molar-refractivity contribution in [1.82, 2.24) is 9.78 Å². The second kappa shape index (κ2) is 8.72. The third-order valence-corrected chi connectivity index (χ3v) is 4.09. The molecule has 0 saturated heterocycles. The van der Waals surface area contributed by atoms with E-state index in [1.54, 1.807) is 31.3 Å². The van der Waals surface area contributed by atoms with Gasteiger partial charge in [0.1, 0.15) is 18.2 Å². The SMILES string of the molecule is COCn1ccc(C(=O)Nc2cc(Oc3ccc(Cl)cc3C)cc([N+](=O)[O-])c2)n1. The Labute approximate surface area is 171 Å². The fraction of sp³-hybridized carbons (Fsp3) is 0.158. The number of methoxy groups -OCH3 is 1. The van der Waals surface area contributed by atoms with Crippen LogP contribution < -0.4 is 10.1 Å². The van der Waals surface area contributed by atoms with Gasteiger partial charge in [-0.15, -0.1) is 0 Å².